The first-order valence-electron chi connectivity index (χ1n) is 41.9. The molecule has 7 aliphatic rings. The predicted molar refractivity (Wildman–Crippen MR) is 449 cm³/mol. The van der Waals surface area contributed by atoms with Crippen LogP contribution in [0.2, 0.25) is 0 Å². The molecule has 1 saturated heterocycles. The smallest absolute Gasteiger partial charge is 0.267 e. The van der Waals surface area contributed by atoms with E-state index in [2.05, 4.69) is 172 Å². The molecule has 6 aliphatic carbocycles. The van der Waals surface area contributed by atoms with Gasteiger partial charge >= 0.3 is 0 Å². The van der Waals surface area contributed by atoms with E-state index in [9.17, 15) is 35.1 Å². The van der Waals surface area contributed by atoms with E-state index in [0.29, 0.717) is 91.4 Å². The highest BCUT2D eigenvalue weighted by atomic mass is 19.3. The molecule has 634 valence electrons. The number of pyridine rings is 3. The molecule has 0 bridgehead atoms. The lowest BCUT2D eigenvalue weighted by atomic mass is 9.86. The zero-order chi connectivity index (χ0) is 84.8. The predicted octanol–water partition coefficient (Wildman–Crippen LogP) is 26.6. The van der Waals surface area contributed by atoms with Crippen molar-refractivity contribution in [1.82, 2.24) is 15.0 Å². The molecule has 4 aromatic carbocycles. The van der Waals surface area contributed by atoms with Gasteiger partial charge in [-0.15, -0.1) is 0 Å². The van der Waals surface area contributed by atoms with E-state index in [-0.39, 0.29) is 83.8 Å². The summed E-state index contributed by atoms with van der Waals surface area (Å²) < 4.78 is 140. The Bertz CT molecular complexity index is 4060. The Kier molecular flexibility index (Phi) is 31.7. The second-order valence-corrected chi connectivity index (χ2v) is 40.4. The quantitative estimate of drug-likeness (QED) is 0.0542. The van der Waals surface area contributed by atoms with Gasteiger partial charge in [-0.05, 0) is 241 Å². The highest BCUT2D eigenvalue weighted by Crippen LogP contribution is 2.46. The topological polar surface area (TPSA) is 97.3 Å². The first-order valence-corrected chi connectivity index (χ1v) is 41.9. The standard InChI is InChI=1S/C15H20F2O.C15H21FO.C14H20FN.C14H19FO.3C13H18FNO/c1-15(2,3)11-6-7-12(14(16)17)13(8-11)18-9-10-4-5-10;1-14(2,3)11-5-6-12(16)13(9-11)17-10-15(4)7-8-15;1-14(2,3)11-6-7-12(15)13(10-11)16-8-4-5-9-16;1-14(2,3)11-6-12(15)8-13(7-11)16-9-10-4-5-10;1-13(2,3)12-6-11(10(14)7-15-12)16-8-9-4-5-9;1-13(2,3)10-6-11(12(14)15-7-10)16-8-9-4-5-9;1-13(2,3)11-7-6-10(14)12(15-11)16-8-9-4-5-9/h6-8,10,14H,4-5,9H2,1-3H3;5-6,9H,7-8,10H2,1-4H3;6-7,10H,4-5,8-9H2,1-3H3;6-8,10H,4-5,9H2,1-3H3;3*6-7,9H,4-5,8H2,1-3H3. The average Bonchev–Trinajstić information content (AvgIpc) is 1.79. The molecule has 0 spiro atoms. The number of halogens is 8. The van der Waals surface area contributed by atoms with E-state index in [1.165, 1.54) is 113 Å². The van der Waals surface area contributed by atoms with Crippen LogP contribution >= 0.6 is 0 Å². The van der Waals surface area contributed by atoms with Crippen molar-refractivity contribution >= 4 is 5.69 Å². The van der Waals surface area contributed by atoms with Gasteiger partial charge in [-0.1, -0.05) is 171 Å². The van der Waals surface area contributed by atoms with Crippen LogP contribution in [-0.2, 0) is 37.9 Å². The van der Waals surface area contributed by atoms with Crippen LogP contribution < -0.4 is 33.3 Å². The van der Waals surface area contributed by atoms with Crippen LogP contribution in [0.15, 0.2) is 109 Å². The molecular weight excluding hydrogens is 1470 g/mol. The molecule has 6 saturated carbocycles. The molecule has 0 amide bonds. The first-order chi connectivity index (χ1) is 53.5. The average molecular weight is 1600 g/mol. The summed E-state index contributed by atoms with van der Waals surface area (Å²) in [6, 6.07) is 27.4. The molecule has 0 radical (unpaired) electrons. The number of rotatable bonds is 20. The minimum Gasteiger partial charge on any atom is -0.493 e. The fourth-order valence-corrected chi connectivity index (χ4v) is 11.5. The SMILES string of the molecule is CC(C)(C)c1cc(F)cc(OCC2CC2)c1.CC(C)(C)c1cc(OCC2CC2)c(F)cn1.CC(C)(C)c1ccc(C(F)F)c(OCC2CC2)c1.CC(C)(C)c1ccc(F)c(N2CCCC2)c1.CC(C)(C)c1ccc(F)c(OCC2CC2)n1.CC(C)(C)c1cnc(F)c(OCC2CC2)c1.CC1(COc2cc(C(C)(C)C)ccc2F)CC1. The number of benzene rings is 4. The van der Waals surface area contributed by atoms with Crippen LogP contribution in [-0.4, -0.2) is 67.7 Å². The number of aromatic nitrogens is 3. The van der Waals surface area contributed by atoms with Gasteiger partial charge in [-0.25, -0.2) is 40.7 Å². The second kappa shape index (κ2) is 39.3. The zero-order valence-electron chi connectivity index (χ0n) is 73.2. The molecule has 14 rings (SSSR count). The fourth-order valence-electron chi connectivity index (χ4n) is 11.5. The maximum absolute atomic E-state index is 13.8. The molecule has 115 heavy (non-hydrogen) atoms. The van der Waals surface area contributed by atoms with E-state index in [1.807, 2.05) is 30.3 Å². The summed E-state index contributed by atoms with van der Waals surface area (Å²) in [6.45, 7) is 51.7. The third kappa shape index (κ3) is 32.0. The van der Waals surface area contributed by atoms with Crippen LogP contribution in [0.25, 0.3) is 0 Å². The molecular formula is C97H134F8N4O6. The number of alkyl halides is 2. The fraction of sp³-hybridized carbons (Fsp3) is 0.598. The third-order valence-corrected chi connectivity index (χ3v) is 21.3. The Morgan fingerprint density at radius 1 is 0.383 bits per heavy atom. The van der Waals surface area contributed by atoms with Crippen molar-refractivity contribution in [2.45, 2.75) is 287 Å². The summed E-state index contributed by atoms with van der Waals surface area (Å²) >= 11 is 0. The number of hydrogen-bond acceptors (Lipinski definition) is 10. The van der Waals surface area contributed by atoms with E-state index in [0.717, 1.165) is 71.9 Å². The molecule has 0 N–H and O–H groups in total. The van der Waals surface area contributed by atoms with Crippen molar-refractivity contribution < 1.29 is 63.5 Å². The van der Waals surface area contributed by atoms with Gasteiger partial charge in [0, 0.05) is 59.1 Å². The van der Waals surface area contributed by atoms with Gasteiger partial charge in [0.15, 0.2) is 34.7 Å². The summed E-state index contributed by atoms with van der Waals surface area (Å²) in [4.78, 5) is 14.3. The summed E-state index contributed by atoms with van der Waals surface area (Å²) in [7, 11) is 0. The zero-order valence-corrected chi connectivity index (χ0v) is 73.2. The van der Waals surface area contributed by atoms with Gasteiger partial charge < -0.3 is 33.3 Å². The Hall–Kier alpha value is -7.63. The maximum Gasteiger partial charge on any atom is 0.267 e. The lowest BCUT2D eigenvalue weighted by molar-refractivity contribution is 0.144. The molecule has 18 heteroatoms. The lowest BCUT2D eigenvalue weighted by Gasteiger charge is -2.24. The Labute approximate surface area is 683 Å². The number of anilines is 1. The Balaban J connectivity index is 0.000000168. The van der Waals surface area contributed by atoms with Gasteiger partial charge in [0.05, 0.1) is 57.1 Å². The number of hydrogen-bond donors (Lipinski definition) is 0. The summed E-state index contributed by atoms with van der Waals surface area (Å²) in [5.41, 5.74) is 7.93. The van der Waals surface area contributed by atoms with Gasteiger partial charge in [0.25, 0.3) is 18.3 Å². The molecule has 10 nitrogen and oxygen atoms in total. The van der Waals surface area contributed by atoms with Crippen molar-refractivity contribution in [2.75, 3.05) is 57.6 Å². The van der Waals surface area contributed by atoms with Crippen LogP contribution in [0.5, 0.6) is 34.6 Å². The van der Waals surface area contributed by atoms with E-state index in [4.69, 9.17) is 28.4 Å². The van der Waals surface area contributed by atoms with E-state index in [1.54, 1.807) is 48.7 Å². The van der Waals surface area contributed by atoms with Crippen LogP contribution in [0.4, 0.5) is 40.8 Å². The van der Waals surface area contributed by atoms with E-state index >= 15 is 0 Å². The van der Waals surface area contributed by atoms with Gasteiger partial charge in [-0.3, -0.25) is 4.98 Å². The normalized spacial score (nSPS) is 16.6. The largest absolute Gasteiger partial charge is 0.493 e. The van der Waals surface area contributed by atoms with Crippen molar-refractivity contribution in [3.05, 3.63) is 189 Å². The number of ether oxygens (including phenoxy) is 6. The molecule has 0 unspecified atom stereocenters. The molecule has 4 heterocycles. The molecule has 1 aliphatic heterocycles. The maximum atomic E-state index is 13.8. The van der Waals surface area contributed by atoms with Crippen LogP contribution in [0.3, 0.4) is 0 Å². The first kappa shape index (κ1) is 92.9. The van der Waals surface area contributed by atoms with Crippen molar-refractivity contribution in [2.24, 2.45) is 35.0 Å². The van der Waals surface area contributed by atoms with Gasteiger partial charge in [0.1, 0.15) is 23.1 Å². The minimum atomic E-state index is -2.48. The van der Waals surface area contributed by atoms with Crippen molar-refractivity contribution in [1.29, 1.82) is 0 Å². The summed E-state index contributed by atoms with van der Waals surface area (Å²) in [5, 5.41) is 0. The van der Waals surface area contributed by atoms with Crippen LogP contribution in [0, 0.1) is 70.0 Å². The van der Waals surface area contributed by atoms with Crippen molar-refractivity contribution in [3.63, 3.8) is 0 Å². The van der Waals surface area contributed by atoms with E-state index < -0.39 is 12.4 Å². The monoisotopic (exact) mass is 1600 g/mol. The highest BCUT2D eigenvalue weighted by molar-refractivity contribution is 5.52. The van der Waals surface area contributed by atoms with Crippen molar-refractivity contribution in [3.8, 4) is 34.6 Å². The lowest BCUT2D eigenvalue weighted by Crippen LogP contribution is -2.20. The Morgan fingerprint density at radius 2 is 0.809 bits per heavy atom. The summed E-state index contributed by atoms with van der Waals surface area (Å²) in [5.74, 6) is 3.52. The van der Waals surface area contributed by atoms with Gasteiger partial charge in [0.2, 0.25) is 0 Å². The summed E-state index contributed by atoms with van der Waals surface area (Å²) in [6.07, 6.45) is 17.1. The Morgan fingerprint density at radius 3 is 1.29 bits per heavy atom. The molecule has 7 aromatic rings. The second-order valence-electron chi connectivity index (χ2n) is 40.4. The van der Waals surface area contributed by atoms with Crippen LogP contribution in [0.1, 0.15) is 293 Å². The third-order valence-electron chi connectivity index (χ3n) is 21.3. The highest BCUT2D eigenvalue weighted by Gasteiger charge is 2.39. The molecule has 3 aromatic heterocycles. The van der Waals surface area contributed by atoms with Gasteiger partial charge in [-0.2, -0.15) is 4.39 Å². The minimum absolute atomic E-state index is 0.00338. The molecule has 7 fully saturated rings. The number of nitrogens with zero attached hydrogens (tertiary/aromatic N) is 4. The molecule has 0 atom stereocenters.